The molecule has 0 amide bonds. The van der Waals surface area contributed by atoms with Crippen molar-refractivity contribution in [3.8, 4) is 6.07 Å². The van der Waals surface area contributed by atoms with E-state index in [0.29, 0.717) is 17.5 Å². The van der Waals surface area contributed by atoms with E-state index >= 15 is 0 Å². The molecule has 1 saturated carbocycles. The largest absolute Gasteiger partial charge is 0.423 e. The summed E-state index contributed by atoms with van der Waals surface area (Å²) >= 11 is 0. The molecular weight excluding hydrogens is 302 g/mol. The van der Waals surface area contributed by atoms with Crippen molar-refractivity contribution in [1.29, 1.82) is 5.26 Å². The molecule has 1 aliphatic heterocycles. The Bertz CT molecular complexity index is 724. The Morgan fingerprint density at radius 1 is 1.21 bits per heavy atom. The van der Waals surface area contributed by atoms with Crippen LogP contribution in [0.25, 0.3) is 0 Å². The molecule has 6 nitrogen and oxygen atoms in total. The molecule has 3 heterocycles. The lowest BCUT2D eigenvalue weighted by atomic mass is 10.2. The van der Waals surface area contributed by atoms with Crippen LogP contribution in [0.4, 0.5) is 5.88 Å². The van der Waals surface area contributed by atoms with Gasteiger partial charge in [0, 0.05) is 57.0 Å². The van der Waals surface area contributed by atoms with Gasteiger partial charge in [0.1, 0.15) is 6.07 Å². The standard InChI is InChI=1S/C18H21N5O/c19-13-16-18(24-17(21-16)14-4-5-14)23-11-9-22(10-12-23)8-6-15-3-1-2-7-20-15/h1-3,7,14H,4-6,8-12H2. The highest BCUT2D eigenvalue weighted by Gasteiger charge is 2.32. The Balaban J connectivity index is 1.33. The van der Waals surface area contributed by atoms with Crippen LogP contribution in [0.5, 0.6) is 0 Å². The van der Waals surface area contributed by atoms with E-state index < -0.39 is 0 Å². The molecule has 1 aliphatic carbocycles. The maximum Gasteiger partial charge on any atom is 0.234 e. The number of rotatable bonds is 5. The summed E-state index contributed by atoms with van der Waals surface area (Å²) < 4.78 is 5.90. The van der Waals surface area contributed by atoms with Crippen LogP contribution in [0, 0.1) is 11.3 Å². The van der Waals surface area contributed by atoms with Gasteiger partial charge in [-0.25, -0.2) is 4.98 Å². The molecule has 4 rings (SSSR count). The van der Waals surface area contributed by atoms with Gasteiger partial charge in [0.05, 0.1) is 0 Å². The second-order valence-electron chi connectivity index (χ2n) is 6.49. The first-order valence-corrected chi connectivity index (χ1v) is 8.61. The average molecular weight is 323 g/mol. The Morgan fingerprint density at radius 3 is 2.71 bits per heavy atom. The van der Waals surface area contributed by atoms with Gasteiger partial charge in [0.15, 0.2) is 0 Å². The fraction of sp³-hybridized carbons (Fsp3) is 0.500. The van der Waals surface area contributed by atoms with Gasteiger partial charge < -0.3 is 9.32 Å². The van der Waals surface area contributed by atoms with Gasteiger partial charge >= 0.3 is 0 Å². The average Bonchev–Trinajstić information content (AvgIpc) is 3.40. The molecule has 0 bridgehead atoms. The van der Waals surface area contributed by atoms with Crippen LogP contribution in [0.3, 0.4) is 0 Å². The maximum atomic E-state index is 9.31. The van der Waals surface area contributed by atoms with Crippen LogP contribution < -0.4 is 4.90 Å². The summed E-state index contributed by atoms with van der Waals surface area (Å²) in [6.45, 7) is 4.69. The molecule has 2 aromatic heterocycles. The Kier molecular flexibility index (Phi) is 4.18. The van der Waals surface area contributed by atoms with Crippen molar-refractivity contribution in [1.82, 2.24) is 14.9 Å². The molecule has 2 fully saturated rings. The molecule has 6 heteroatoms. The number of pyridine rings is 1. The molecule has 124 valence electrons. The zero-order chi connectivity index (χ0) is 16.4. The fourth-order valence-corrected chi connectivity index (χ4v) is 3.11. The Hall–Kier alpha value is -2.39. The van der Waals surface area contributed by atoms with Crippen molar-refractivity contribution in [2.45, 2.75) is 25.2 Å². The van der Waals surface area contributed by atoms with E-state index in [1.807, 2.05) is 18.3 Å². The van der Waals surface area contributed by atoms with Gasteiger partial charge in [0.25, 0.3) is 0 Å². The van der Waals surface area contributed by atoms with Gasteiger partial charge in [-0.05, 0) is 25.0 Å². The van der Waals surface area contributed by atoms with Crippen LogP contribution in [0.2, 0.25) is 0 Å². The van der Waals surface area contributed by atoms with Gasteiger partial charge in [-0.1, -0.05) is 6.07 Å². The van der Waals surface area contributed by atoms with E-state index in [1.165, 1.54) is 0 Å². The number of anilines is 1. The molecular formula is C18H21N5O. The fourth-order valence-electron chi connectivity index (χ4n) is 3.11. The lowest BCUT2D eigenvalue weighted by Crippen LogP contribution is -2.47. The van der Waals surface area contributed by atoms with E-state index in [-0.39, 0.29) is 0 Å². The molecule has 2 aliphatic rings. The number of nitrogens with zero attached hydrogens (tertiary/aromatic N) is 5. The van der Waals surface area contributed by atoms with Crippen molar-refractivity contribution in [3.05, 3.63) is 41.7 Å². The summed E-state index contributed by atoms with van der Waals surface area (Å²) in [6.07, 6.45) is 5.08. The normalized spacial score (nSPS) is 18.5. The number of aromatic nitrogens is 2. The first-order chi connectivity index (χ1) is 11.8. The highest BCUT2D eigenvalue weighted by atomic mass is 16.4. The number of nitriles is 1. The third kappa shape index (κ3) is 3.26. The van der Waals surface area contributed by atoms with Crippen molar-refractivity contribution < 1.29 is 4.42 Å². The first kappa shape index (κ1) is 15.2. The number of oxazole rings is 1. The molecule has 0 atom stereocenters. The Labute approximate surface area is 141 Å². The predicted octanol–water partition coefficient (Wildman–Crippen LogP) is 2.18. The molecule has 1 saturated heterocycles. The predicted molar refractivity (Wildman–Crippen MR) is 89.8 cm³/mol. The van der Waals surface area contributed by atoms with Crippen molar-refractivity contribution in [3.63, 3.8) is 0 Å². The molecule has 24 heavy (non-hydrogen) atoms. The van der Waals surface area contributed by atoms with Crippen LogP contribution in [0.1, 0.15) is 36.0 Å². The number of piperazine rings is 1. The first-order valence-electron chi connectivity index (χ1n) is 8.61. The maximum absolute atomic E-state index is 9.31. The smallest absolute Gasteiger partial charge is 0.234 e. The topological polar surface area (TPSA) is 69.2 Å². The molecule has 0 spiro atoms. The monoisotopic (exact) mass is 323 g/mol. The number of hydrogen-bond acceptors (Lipinski definition) is 6. The van der Waals surface area contributed by atoms with Gasteiger partial charge in [0.2, 0.25) is 17.5 Å². The third-order valence-electron chi connectivity index (χ3n) is 4.73. The van der Waals surface area contributed by atoms with Crippen molar-refractivity contribution >= 4 is 5.88 Å². The molecule has 0 radical (unpaired) electrons. The molecule has 0 N–H and O–H groups in total. The summed E-state index contributed by atoms with van der Waals surface area (Å²) in [4.78, 5) is 13.3. The van der Waals surface area contributed by atoms with E-state index in [9.17, 15) is 5.26 Å². The lowest BCUT2D eigenvalue weighted by molar-refractivity contribution is 0.255. The zero-order valence-corrected chi connectivity index (χ0v) is 13.7. The second-order valence-corrected chi connectivity index (χ2v) is 6.49. The quantitative estimate of drug-likeness (QED) is 0.840. The van der Waals surface area contributed by atoms with E-state index in [1.54, 1.807) is 0 Å². The van der Waals surface area contributed by atoms with E-state index in [4.69, 9.17) is 4.42 Å². The summed E-state index contributed by atoms with van der Waals surface area (Å²) in [5.41, 5.74) is 1.58. The second kappa shape index (κ2) is 6.62. The highest BCUT2D eigenvalue weighted by Crippen LogP contribution is 2.41. The zero-order valence-electron chi connectivity index (χ0n) is 13.7. The minimum absolute atomic E-state index is 0.436. The minimum atomic E-state index is 0.436. The van der Waals surface area contributed by atoms with Crippen LogP contribution in [0.15, 0.2) is 28.8 Å². The van der Waals surface area contributed by atoms with Crippen LogP contribution in [-0.4, -0.2) is 47.6 Å². The van der Waals surface area contributed by atoms with E-state index in [0.717, 1.165) is 63.6 Å². The lowest BCUT2D eigenvalue weighted by Gasteiger charge is -2.34. The van der Waals surface area contributed by atoms with Crippen molar-refractivity contribution in [2.75, 3.05) is 37.6 Å². The van der Waals surface area contributed by atoms with Crippen LogP contribution >= 0.6 is 0 Å². The summed E-state index contributed by atoms with van der Waals surface area (Å²) in [5.74, 6) is 1.86. The van der Waals surface area contributed by atoms with Crippen LogP contribution in [-0.2, 0) is 6.42 Å². The molecule has 0 unspecified atom stereocenters. The summed E-state index contributed by atoms with van der Waals surface area (Å²) in [6, 6.07) is 8.24. The SMILES string of the molecule is N#Cc1nc(C2CC2)oc1N1CCN(CCc2ccccn2)CC1. The molecule has 2 aromatic rings. The summed E-state index contributed by atoms with van der Waals surface area (Å²) in [7, 11) is 0. The third-order valence-corrected chi connectivity index (χ3v) is 4.73. The van der Waals surface area contributed by atoms with Gasteiger partial charge in [-0.15, -0.1) is 0 Å². The van der Waals surface area contributed by atoms with Gasteiger partial charge in [-0.3, -0.25) is 9.88 Å². The van der Waals surface area contributed by atoms with E-state index in [2.05, 4.69) is 31.9 Å². The van der Waals surface area contributed by atoms with Crippen molar-refractivity contribution in [2.24, 2.45) is 0 Å². The number of hydrogen-bond donors (Lipinski definition) is 0. The minimum Gasteiger partial charge on any atom is -0.423 e. The summed E-state index contributed by atoms with van der Waals surface area (Å²) in [5, 5.41) is 9.31. The van der Waals surface area contributed by atoms with Gasteiger partial charge in [-0.2, -0.15) is 5.26 Å². The molecule has 0 aromatic carbocycles. The highest BCUT2D eigenvalue weighted by molar-refractivity contribution is 5.48. The Morgan fingerprint density at radius 2 is 2.04 bits per heavy atom.